The van der Waals surface area contributed by atoms with Crippen molar-refractivity contribution in [1.82, 2.24) is 14.9 Å². The highest BCUT2D eigenvalue weighted by Gasteiger charge is 2.33. The first-order chi connectivity index (χ1) is 15.4. The number of ether oxygens (including phenoxy) is 1. The van der Waals surface area contributed by atoms with Crippen LogP contribution < -0.4 is 15.0 Å². The summed E-state index contributed by atoms with van der Waals surface area (Å²) >= 11 is 0. The maximum absolute atomic E-state index is 12.9. The summed E-state index contributed by atoms with van der Waals surface area (Å²) in [4.78, 5) is 29.4. The molecule has 2 fully saturated rings. The minimum absolute atomic E-state index is 0.00728. The van der Waals surface area contributed by atoms with Crippen molar-refractivity contribution in [2.75, 3.05) is 23.3 Å². The van der Waals surface area contributed by atoms with Crippen molar-refractivity contribution >= 4 is 23.1 Å². The number of carbonyl (C=O) groups excluding carboxylic acids is 1. The summed E-state index contributed by atoms with van der Waals surface area (Å²) in [6, 6.07) is 5.67. The van der Waals surface area contributed by atoms with Gasteiger partial charge < -0.3 is 19.9 Å². The smallest absolute Gasteiger partial charge is 0.322 e. The van der Waals surface area contributed by atoms with Crippen LogP contribution in [0.2, 0.25) is 0 Å². The van der Waals surface area contributed by atoms with Gasteiger partial charge in [0.1, 0.15) is 11.6 Å². The lowest BCUT2D eigenvalue weighted by atomic mass is 10.1. The van der Waals surface area contributed by atoms with E-state index in [-0.39, 0.29) is 24.2 Å². The fraction of sp³-hybridized carbons (Fsp3) is 0.500. The van der Waals surface area contributed by atoms with Crippen LogP contribution in [0.4, 0.5) is 21.9 Å². The second-order valence-electron chi connectivity index (χ2n) is 8.97. The number of hydrogen-bond donors (Lipinski definition) is 1. The molecule has 8 heteroatoms. The van der Waals surface area contributed by atoms with E-state index in [9.17, 15) is 4.79 Å². The molecule has 168 valence electrons. The van der Waals surface area contributed by atoms with E-state index in [1.807, 2.05) is 43.9 Å². The van der Waals surface area contributed by atoms with Gasteiger partial charge in [-0.2, -0.15) is 0 Å². The van der Waals surface area contributed by atoms with Crippen LogP contribution >= 0.6 is 0 Å². The number of carbonyl (C=O) groups is 1. The molecule has 2 aliphatic rings. The van der Waals surface area contributed by atoms with Crippen LogP contribution in [-0.4, -0.2) is 52.2 Å². The van der Waals surface area contributed by atoms with E-state index in [2.05, 4.69) is 32.0 Å². The standard InChI is InChI=1S/C24H30N6O2/c1-15(2)32-22-10-20(8-9-21(22)25-5)29-13-17(4)30(14-16(29)3)24(31)28-19-11-26-23(27-12-19)18-6-7-18/h8-12,15-18H,6-7,13-14H2,1-4H3,(H,28,31)/t16-,17+/m0/s1. The first-order valence-corrected chi connectivity index (χ1v) is 11.2. The zero-order valence-electron chi connectivity index (χ0n) is 19.1. The van der Waals surface area contributed by atoms with Gasteiger partial charge in [-0.15, -0.1) is 0 Å². The molecule has 0 unspecified atom stereocenters. The zero-order chi connectivity index (χ0) is 22.8. The van der Waals surface area contributed by atoms with Crippen LogP contribution in [0, 0.1) is 6.57 Å². The number of amides is 2. The van der Waals surface area contributed by atoms with Gasteiger partial charge in [-0.25, -0.2) is 19.6 Å². The molecule has 2 heterocycles. The van der Waals surface area contributed by atoms with Crippen LogP contribution in [0.5, 0.6) is 5.75 Å². The van der Waals surface area contributed by atoms with Crippen molar-refractivity contribution in [2.24, 2.45) is 0 Å². The molecular weight excluding hydrogens is 404 g/mol. The van der Waals surface area contributed by atoms with Crippen LogP contribution in [0.3, 0.4) is 0 Å². The Morgan fingerprint density at radius 2 is 1.91 bits per heavy atom. The van der Waals surface area contributed by atoms with Crippen molar-refractivity contribution in [2.45, 2.75) is 64.6 Å². The van der Waals surface area contributed by atoms with E-state index < -0.39 is 0 Å². The fourth-order valence-electron chi connectivity index (χ4n) is 4.04. The number of benzene rings is 1. The predicted molar refractivity (Wildman–Crippen MR) is 124 cm³/mol. The van der Waals surface area contributed by atoms with Gasteiger partial charge in [0.2, 0.25) is 5.69 Å². The maximum atomic E-state index is 12.9. The Morgan fingerprint density at radius 3 is 2.53 bits per heavy atom. The first-order valence-electron chi connectivity index (χ1n) is 11.2. The Morgan fingerprint density at radius 1 is 1.19 bits per heavy atom. The Bertz CT molecular complexity index is 1010. The molecular formula is C24H30N6O2. The molecule has 1 aromatic heterocycles. The third-order valence-electron chi connectivity index (χ3n) is 5.87. The van der Waals surface area contributed by atoms with E-state index in [4.69, 9.17) is 11.3 Å². The van der Waals surface area contributed by atoms with Gasteiger partial charge in [0, 0.05) is 36.8 Å². The molecule has 32 heavy (non-hydrogen) atoms. The van der Waals surface area contributed by atoms with Crippen molar-refractivity contribution in [1.29, 1.82) is 0 Å². The second kappa shape index (κ2) is 9.03. The van der Waals surface area contributed by atoms with Gasteiger partial charge in [-0.3, -0.25) is 0 Å². The molecule has 0 spiro atoms. The zero-order valence-corrected chi connectivity index (χ0v) is 19.1. The normalized spacial score (nSPS) is 20.8. The lowest BCUT2D eigenvalue weighted by Crippen LogP contribution is -2.59. The summed E-state index contributed by atoms with van der Waals surface area (Å²) in [6.45, 7) is 16.7. The van der Waals surface area contributed by atoms with Gasteiger partial charge >= 0.3 is 6.03 Å². The summed E-state index contributed by atoms with van der Waals surface area (Å²) in [6.07, 6.45) is 5.68. The number of anilines is 2. The monoisotopic (exact) mass is 434 g/mol. The molecule has 8 nitrogen and oxygen atoms in total. The van der Waals surface area contributed by atoms with Crippen LogP contribution in [0.1, 0.15) is 52.3 Å². The molecule has 4 rings (SSSR count). The third-order valence-corrected chi connectivity index (χ3v) is 5.87. The summed E-state index contributed by atoms with van der Waals surface area (Å²) in [5.41, 5.74) is 2.12. The lowest BCUT2D eigenvalue weighted by molar-refractivity contribution is 0.173. The van der Waals surface area contributed by atoms with E-state index in [1.165, 1.54) is 0 Å². The van der Waals surface area contributed by atoms with Crippen molar-refractivity contribution in [3.63, 3.8) is 0 Å². The van der Waals surface area contributed by atoms with E-state index in [0.717, 1.165) is 24.4 Å². The minimum atomic E-state index is -0.140. The highest BCUT2D eigenvalue weighted by molar-refractivity contribution is 5.89. The average Bonchev–Trinajstić information content (AvgIpc) is 3.60. The molecule has 1 saturated carbocycles. The SMILES string of the molecule is [C-]#[N+]c1ccc(N2C[C@@H](C)N(C(=O)Nc3cnc(C4CC4)nc3)C[C@@H]2C)cc1OC(C)C. The van der Waals surface area contributed by atoms with E-state index in [0.29, 0.717) is 36.1 Å². The van der Waals surface area contributed by atoms with Crippen molar-refractivity contribution < 1.29 is 9.53 Å². The van der Waals surface area contributed by atoms with Crippen molar-refractivity contribution in [3.05, 3.63) is 47.8 Å². The number of rotatable bonds is 5. The molecule has 2 atom stereocenters. The third kappa shape index (κ3) is 4.77. The maximum Gasteiger partial charge on any atom is 0.322 e. The second-order valence-corrected chi connectivity index (χ2v) is 8.97. The number of hydrogen-bond acceptors (Lipinski definition) is 5. The van der Waals surface area contributed by atoms with E-state index >= 15 is 0 Å². The van der Waals surface area contributed by atoms with Crippen LogP contribution in [0.25, 0.3) is 4.85 Å². The van der Waals surface area contributed by atoms with Gasteiger partial charge in [-0.1, -0.05) is 6.07 Å². The molecule has 1 aromatic carbocycles. The molecule has 0 bridgehead atoms. The Labute approximate surface area is 189 Å². The Hall–Kier alpha value is -3.34. The number of aromatic nitrogens is 2. The summed E-state index contributed by atoms with van der Waals surface area (Å²) in [7, 11) is 0. The van der Waals surface area contributed by atoms with Crippen LogP contribution in [0.15, 0.2) is 30.6 Å². The largest absolute Gasteiger partial charge is 0.502 e. The fourth-order valence-corrected chi connectivity index (χ4v) is 4.04. The summed E-state index contributed by atoms with van der Waals surface area (Å²) < 4.78 is 5.86. The molecule has 1 aliphatic carbocycles. The minimum Gasteiger partial charge on any atom is -0.502 e. The van der Waals surface area contributed by atoms with Gasteiger partial charge in [0.25, 0.3) is 0 Å². The Kier molecular flexibility index (Phi) is 6.17. The highest BCUT2D eigenvalue weighted by Crippen LogP contribution is 2.38. The van der Waals surface area contributed by atoms with Gasteiger partial charge in [0.05, 0.1) is 30.8 Å². The average molecular weight is 435 g/mol. The van der Waals surface area contributed by atoms with Crippen LogP contribution in [-0.2, 0) is 0 Å². The Balaban J connectivity index is 1.43. The first kappa shape index (κ1) is 21.9. The number of urea groups is 1. The molecule has 1 N–H and O–H groups in total. The number of nitrogens with zero attached hydrogens (tertiary/aromatic N) is 5. The molecule has 1 saturated heterocycles. The number of piperazine rings is 1. The molecule has 1 aliphatic heterocycles. The molecule has 2 aromatic rings. The quantitative estimate of drug-likeness (QED) is 0.683. The molecule has 0 radical (unpaired) electrons. The number of nitrogens with one attached hydrogen (secondary N) is 1. The highest BCUT2D eigenvalue weighted by atomic mass is 16.5. The van der Waals surface area contributed by atoms with Gasteiger partial charge in [0.15, 0.2) is 0 Å². The van der Waals surface area contributed by atoms with Crippen molar-refractivity contribution in [3.8, 4) is 5.75 Å². The summed E-state index contributed by atoms with van der Waals surface area (Å²) in [5, 5.41) is 2.94. The predicted octanol–water partition coefficient (Wildman–Crippen LogP) is 4.82. The topological polar surface area (TPSA) is 75.0 Å². The summed E-state index contributed by atoms with van der Waals surface area (Å²) in [5.74, 6) is 1.95. The van der Waals surface area contributed by atoms with Gasteiger partial charge in [-0.05, 0) is 52.7 Å². The lowest BCUT2D eigenvalue weighted by Gasteiger charge is -2.45. The molecule has 2 amide bonds. The van der Waals surface area contributed by atoms with E-state index in [1.54, 1.807) is 12.4 Å².